The lowest BCUT2D eigenvalue weighted by Gasteiger charge is -2.21. The first kappa shape index (κ1) is 13.8. The molecule has 0 saturated heterocycles. The molecule has 4 bridgehead atoms. The van der Waals surface area contributed by atoms with Crippen molar-refractivity contribution in [3.05, 3.63) is 32.4 Å². The third kappa shape index (κ3) is 2.08. The summed E-state index contributed by atoms with van der Waals surface area (Å²) in [5.41, 5.74) is -0.415. The molecule has 19 heavy (non-hydrogen) atoms. The number of nitrogens with one attached hydrogen (secondary N) is 1. The zero-order valence-corrected chi connectivity index (χ0v) is 10.4. The van der Waals surface area contributed by atoms with Crippen molar-refractivity contribution in [1.82, 2.24) is 9.97 Å². The van der Waals surface area contributed by atoms with Gasteiger partial charge < -0.3 is 8.97 Å². The third-order valence-electron chi connectivity index (χ3n) is 3.07. The molecule has 0 aromatic carbocycles. The van der Waals surface area contributed by atoms with E-state index in [1.165, 1.54) is 6.07 Å². The van der Waals surface area contributed by atoms with Crippen LogP contribution in [0.1, 0.15) is 26.3 Å². The Morgan fingerprint density at radius 3 is 3.00 bits per heavy atom. The second-order valence-electron chi connectivity index (χ2n) is 4.17. The predicted octanol–water partition coefficient (Wildman–Crippen LogP) is 0.955. The average molecular weight is 282 g/mol. The maximum Gasteiger partial charge on any atom is 0.337 e. The fourth-order valence-corrected chi connectivity index (χ4v) is 3.48. The van der Waals surface area contributed by atoms with Crippen LogP contribution in [0.4, 0.5) is 0 Å². The van der Waals surface area contributed by atoms with E-state index in [4.69, 9.17) is 4.42 Å². The average Bonchev–Trinajstić information content (AvgIpc) is 2.32. The summed E-state index contributed by atoms with van der Waals surface area (Å²) in [5.74, 6) is 0. The highest BCUT2D eigenvalue weighted by atomic mass is 32.2. The molecular formula is C12H14N2O4S. The number of nitrogens with zero attached hydrogens (tertiary/aromatic N) is 1. The molecule has 0 aliphatic carbocycles. The molecule has 4 rings (SSSR count). The van der Waals surface area contributed by atoms with E-state index in [1.807, 2.05) is 6.92 Å². The van der Waals surface area contributed by atoms with Gasteiger partial charge in [-0.3, -0.25) is 9.78 Å². The van der Waals surface area contributed by atoms with Gasteiger partial charge in [0.15, 0.2) is 0 Å². The SMILES string of the molecule is C.CCC1Cc2cc(=O)oc3nc([nH]c(=O)c23)[S+]1[O-]. The maximum atomic E-state index is 12.2. The van der Waals surface area contributed by atoms with Gasteiger partial charge in [-0.25, -0.2) is 4.79 Å². The van der Waals surface area contributed by atoms with Gasteiger partial charge in [-0.2, -0.15) is 0 Å². The molecule has 0 radical (unpaired) electrons. The van der Waals surface area contributed by atoms with E-state index in [0.29, 0.717) is 18.4 Å². The predicted molar refractivity (Wildman–Crippen MR) is 71.8 cm³/mol. The van der Waals surface area contributed by atoms with Crippen LogP contribution in [0.2, 0.25) is 0 Å². The lowest BCUT2D eigenvalue weighted by atomic mass is 10.1. The molecule has 6 nitrogen and oxygen atoms in total. The van der Waals surface area contributed by atoms with Crippen molar-refractivity contribution in [1.29, 1.82) is 0 Å². The molecule has 102 valence electrons. The first-order chi connectivity index (χ1) is 8.60. The van der Waals surface area contributed by atoms with Gasteiger partial charge in [0, 0.05) is 23.7 Å². The number of H-pyrrole nitrogens is 1. The molecule has 1 N–H and O–H groups in total. The summed E-state index contributed by atoms with van der Waals surface area (Å²) >= 11 is -1.40. The normalized spacial score (nSPS) is 21.2. The van der Waals surface area contributed by atoms with Crippen LogP contribution in [0, 0.1) is 0 Å². The minimum atomic E-state index is -1.40. The van der Waals surface area contributed by atoms with Gasteiger partial charge in [0.05, 0.1) is 0 Å². The van der Waals surface area contributed by atoms with Gasteiger partial charge in [0.2, 0.25) is 5.71 Å². The molecule has 2 aromatic heterocycles. The summed E-state index contributed by atoms with van der Waals surface area (Å²) in [7, 11) is 0. The Hall–Kier alpha value is -1.60. The fraction of sp³-hybridized carbons (Fsp3) is 0.417. The minimum Gasteiger partial charge on any atom is -0.609 e. The van der Waals surface area contributed by atoms with Gasteiger partial charge in [-0.15, -0.1) is 4.98 Å². The highest BCUT2D eigenvalue weighted by Crippen LogP contribution is 2.24. The number of aromatic amines is 1. The van der Waals surface area contributed by atoms with Crippen LogP contribution in [0.25, 0.3) is 11.1 Å². The first-order valence-corrected chi connectivity index (χ1v) is 6.79. The van der Waals surface area contributed by atoms with Gasteiger partial charge in [0.25, 0.3) is 5.56 Å². The van der Waals surface area contributed by atoms with E-state index < -0.39 is 22.4 Å². The van der Waals surface area contributed by atoms with Crippen molar-refractivity contribution in [3.8, 4) is 0 Å². The number of hydrogen-bond donors (Lipinski definition) is 1. The fourth-order valence-electron chi connectivity index (χ4n) is 2.16. The van der Waals surface area contributed by atoms with E-state index >= 15 is 0 Å². The van der Waals surface area contributed by atoms with Crippen molar-refractivity contribution in [2.75, 3.05) is 0 Å². The van der Waals surface area contributed by atoms with E-state index in [0.717, 1.165) is 0 Å². The molecular weight excluding hydrogens is 268 g/mol. The topological polar surface area (TPSA) is 99.0 Å². The zero-order valence-electron chi connectivity index (χ0n) is 9.56. The molecule has 4 heterocycles. The van der Waals surface area contributed by atoms with Crippen LogP contribution in [0.3, 0.4) is 0 Å². The summed E-state index contributed by atoms with van der Waals surface area (Å²) in [6, 6.07) is 1.28. The van der Waals surface area contributed by atoms with Crippen molar-refractivity contribution < 1.29 is 8.97 Å². The smallest absolute Gasteiger partial charge is 0.337 e. The summed E-state index contributed by atoms with van der Waals surface area (Å²) in [5, 5.41) is 0.214. The monoisotopic (exact) mass is 282 g/mol. The second-order valence-corrected chi connectivity index (χ2v) is 5.82. The number of fused-ring (bicyclic) bond motifs is 3. The highest BCUT2D eigenvalue weighted by Gasteiger charge is 2.31. The van der Waals surface area contributed by atoms with E-state index in [-0.39, 0.29) is 28.9 Å². The minimum absolute atomic E-state index is 0. The van der Waals surface area contributed by atoms with Crippen LogP contribution in [-0.4, -0.2) is 19.8 Å². The lowest BCUT2D eigenvalue weighted by Crippen LogP contribution is -2.31. The van der Waals surface area contributed by atoms with Gasteiger partial charge in [0.1, 0.15) is 10.6 Å². The van der Waals surface area contributed by atoms with Gasteiger partial charge >= 0.3 is 10.8 Å². The molecule has 2 aromatic rings. The summed E-state index contributed by atoms with van der Waals surface area (Å²) in [6.45, 7) is 1.91. The highest BCUT2D eigenvalue weighted by molar-refractivity contribution is 7.91. The summed E-state index contributed by atoms with van der Waals surface area (Å²) in [4.78, 5) is 29.7. The van der Waals surface area contributed by atoms with Crippen LogP contribution in [0.5, 0.6) is 0 Å². The molecule has 0 saturated carbocycles. The molecule has 2 aliphatic heterocycles. The van der Waals surface area contributed by atoms with Crippen LogP contribution < -0.4 is 11.2 Å². The number of hydrogen-bond acceptors (Lipinski definition) is 5. The summed E-state index contributed by atoms with van der Waals surface area (Å²) in [6.07, 6.45) is 1.10. The maximum absolute atomic E-state index is 12.2. The zero-order chi connectivity index (χ0) is 12.9. The van der Waals surface area contributed by atoms with E-state index in [9.17, 15) is 14.1 Å². The lowest BCUT2D eigenvalue weighted by molar-refractivity contribution is 0.526. The second kappa shape index (κ2) is 4.82. The Morgan fingerprint density at radius 1 is 1.58 bits per heavy atom. The first-order valence-electron chi connectivity index (χ1n) is 5.57. The van der Waals surface area contributed by atoms with Crippen LogP contribution in [0.15, 0.2) is 25.2 Å². The van der Waals surface area contributed by atoms with Crippen LogP contribution in [-0.2, 0) is 17.6 Å². The van der Waals surface area contributed by atoms with Crippen molar-refractivity contribution in [3.63, 3.8) is 0 Å². The molecule has 2 aliphatic rings. The molecule has 0 fully saturated rings. The standard InChI is InChI=1S/C11H10N2O4S.CH4/c1-2-6-3-5-4-7(14)17-10-8(5)9(15)12-11(13-10)18(6)16;/h4,6H,2-3H2,1H3,(H,12,13,15);1H4. The Bertz CT molecular complexity index is 737. The Labute approximate surface area is 112 Å². The number of rotatable bonds is 1. The van der Waals surface area contributed by atoms with Crippen molar-refractivity contribution in [2.45, 2.75) is 37.6 Å². The summed E-state index contributed by atoms with van der Waals surface area (Å²) < 4.78 is 17.1. The Morgan fingerprint density at radius 2 is 2.32 bits per heavy atom. The third-order valence-corrected chi connectivity index (χ3v) is 4.75. The largest absolute Gasteiger partial charge is 0.609 e. The van der Waals surface area contributed by atoms with E-state index in [2.05, 4.69) is 9.97 Å². The quantitative estimate of drug-likeness (QED) is 0.620. The molecule has 2 unspecified atom stereocenters. The molecule has 0 spiro atoms. The van der Waals surface area contributed by atoms with Gasteiger partial charge in [-0.05, 0) is 12.0 Å². The van der Waals surface area contributed by atoms with Crippen LogP contribution >= 0.6 is 0 Å². The van der Waals surface area contributed by atoms with Crippen molar-refractivity contribution >= 4 is 22.3 Å². The van der Waals surface area contributed by atoms with E-state index in [1.54, 1.807) is 0 Å². The van der Waals surface area contributed by atoms with Crippen molar-refractivity contribution in [2.24, 2.45) is 0 Å². The molecule has 2 atom stereocenters. The Balaban J connectivity index is 0.00000133. The van der Waals surface area contributed by atoms with Gasteiger partial charge in [-0.1, -0.05) is 14.4 Å². The molecule has 0 amide bonds. The molecule has 7 heteroatoms. The number of aromatic nitrogens is 2. The Kier molecular flexibility index (Phi) is 3.51.